The molecule has 1 aromatic rings. The number of anilines is 1. The van der Waals surface area contributed by atoms with Crippen molar-refractivity contribution in [1.82, 2.24) is 0 Å². The molecule has 1 heterocycles. The smallest absolute Gasteiger partial charge is 0.228 e. The molecule has 1 aliphatic rings. The summed E-state index contributed by atoms with van der Waals surface area (Å²) in [5, 5.41) is 2.98. The van der Waals surface area contributed by atoms with Crippen molar-refractivity contribution in [3.8, 4) is 0 Å². The molecule has 2 rings (SSSR count). The summed E-state index contributed by atoms with van der Waals surface area (Å²) in [4.78, 5) is 11.9. The van der Waals surface area contributed by atoms with E-state index in [2.05, 4.69) is 32.2 Å². The second kappa shape index (κ2) is 3.37. The number of para-hydroxylation sites is 1. The van der Waals surface area contributed by atoms with E-state index < -0.39 is 0 Å². The lowest BCUT2D eigenvalue weighted by Gasteiger charge is -2.39. The molecule has 0 spiro atoms. The molecule has 1 aromatic carbocycles. The zero-order chi connectivity index (χ0) is 11.1. The fraction of sp³-hybridized carbons (Fsp3) is 0.462. The van der Waals surface area contributed by atoms with Gasteiger partial charge < -0.3 is 5.32 Å². The van der Waals surface area contributed by atoms with E-state index in [4.69, 9.17) is 0 Å². The van der Waals surface area contributed by atoms with Gasteiger partial charge in [0.2, 0.25) is 5.91 Å². The van der Waals surface area contributed by atoms with Gasteiger partial charge in [-0.2, -0.15) is 0 Å². The number of rotatable bonds is 1. The van der Waals surface area contributed by atoms with Crippen LogP contribution in [0.15, 0.2) is 24.3 Å². The molecule has 1 aliphatic heterocycles. The number of carbonyl (C=O) groups is 1. The number of hydrogen-bond donors (Lipinski definition) is 1. The first-order valence-electron chi connectivity index (χ1n) is 5.47. The maximum Gasteiger partial charge on any atom is 0.228 e. The van der Waals surface area contributed by atoms with Gasteiger partial charge in [0.25, 0.3) is 0 Å². The van der Waals surface area contributed by atoms with E-state index in [1.807, 2.05) is 18.2 Å². The molecule has 1 amide bonds. The van der Waals surface area contributed by atoms with Gasteiger partial charge in [0, 0.05) is 17.0 Å². The van der Waals surface area contributed by atoms with Crippen LogP contribution in [0.4, 0.5) is 5.69 Å². The largest absolute Gasteiger partial charge is 0.326 e. The zero-order valence-electron chi connectivity index (χ0n) is 9.50. The maximum absolute atomic E-state index is 11.9. The van der Waals surface area contributed by atoms with Gasteiger partial charge in [-0.3, -0.25) is 4.79 Å². The Morgan fingerprint density at radius 3 is 2.67 bits per heavy atom. The lowest BCUT2D eigenvalue weighted by atomic mass is 9.69. The van der Waals surface area contributed by atoms with Gasteiger partial charge in [-0.15, -0.1) is 0 Å². The molecule has 2 heteroatoms. The molecule has 0 saturated heterocycles. The normalized spacial score (nSPS) is 23.1. The van der Waals surface area contributed by atoms with Crippen LogP contribution in [0.1, 0.15) is 32.8 Å². The maximum atomic E-state index is 11.9. The van der Waals surface area contributed by atoms with Crippen molar-refractivity contribution in [2.45, 2.75) is 32.6 Å². The summed E-state index contributed by atoms with van der Waals surface area (Å²) in [7, 11) is 0. The lowest BCUT2D eigenvalue weighted by molar-refractivity contribution is -0.122. The highest BCUT2D eigenvalue weighted by molar-refractivity contribution is 5.97. The Bertz CT molecular complexity index is 395. The molecular formula is C13H17NO. The molecule has 1 N–H and O–H groups in total. The van der Waals surface area contributed by atoms with Gasteiger partial charge in [0.1, 0.15) is 0 Å². The Hall–Kier alpha value is -1.31. The van der Waals surface area contributed by atoms with Crippen LogP contribution in [-0.2, 0) is 10.2 Å². The predicted molar refractivity (Wildman–Crippen MR) is 61.9 cm³/mol. The van der Waals surface area contributed by atoms with Crippen molar-refractivity contribution in [1.29, 1.82) is 0 Å². The number of hydrogen-bond acceptors (Lipinski definition) is 1. The quantitative estimate of drug-likeness (QED) is 0.747. The van der Waals surface area contributed by atoms with E-state index >= 15 is 0 Å². The van der Waals surface area contributed by atoms with E-state index in [0.29, 0.717) is 0 Å². The third kappa shape index (κ3) is 1.44. The molecule has 1 atom stereocenters. The summed E-state index contributed by atoms with van der Waals surface area (Å²) < 4.78 is 0. The van der Waals surface area contributed by atoms with Gasteiger partial charge >= 0.3 is 0 Å². The van der Waals surface area contributed by atoms with E-state index in [0.717, 1.165) is 12.1 Å². The average Bonchev–Trinajstić information content (AvgIpc) is 2.17. The van der Waals surface area contributed by atoms with Crippen molar-refractivity contribution >= 4 is 11.6 Å². The molecule has 0 saturated carbocycles. The minimum Gasteiger partial charge on any atom is -0.326 e. The van der Waals surface area contributed by atoms with Crippen LogP contribution >= 0.6 is 0 Å². The molecule has 80 valence electrons. The minimum absolute atomic E-state index is 0.0618. The molecule has 1 unspecified atom stereocenters. The second-order valence-electron chi connectivity index (χ2n) is 4.72. The van der Waals surface area contributed by atoms with Gasteiger partial charge in [-0.05, 0) is 18.1 Å². The van der Waals surface area contributed by atoms with Gasteiger partial charge in [-0.1, -0.05) is 39.0 Å². The summed E-state index contributed by atoms with van der Waals surface area (Å²) >= 11 is 0. The van der Waals surface area contributed by atoms with Crippen molar-refractivity contribution in [2.75, 3.05) is 5.32 Å². The second-order valence-corrected chi connectivity index (χ2v) is 4.72. The third-order valence-corrected chi connectivity index (χ3v) is 3.48. The fourth-order valence-corrected chi connectivity index (χ4v) is 2.58. The topological polar surface area (TPSA) is 29.1 Å². The van der Waals surface area contributed by atoms with Crippen molar-refractivity contribution < 1.29 is 4.79 Å². The molecular weight excluding hydrogens is 186 g/mol. The van der Waals surface area contributed by atoms with Crippen LogP contribution < -0.4 is 5.32 Å². The number of amides is 1. The van der Waals surface area contributed by atoms with Gasteiger partial charge in [0.05, 0.1) is 0 Å². The van der Waals surface area contributed by atoms with Crippen LogP contribution in [0.2, 0.25) is 0 Å². The lowest BCUT2D eigenvalue weighted by Crippen LogP contribution is -2.42. The highest BCUT2D eigenvalue weighted by Gasteiger charge is 2.40. The first kappa shape index (κ1) is 10.2. The SMILES string of the molecule is CCC1C(=O)Nc2ccccc2C1(C)C. The van der Waals surface area contributed by atoms with Crippen molar-refractivity contribution in [3.63, 3.8) is 0 Å². The highest BCUT2D eigenvalue weighted by atomic mass is 16.2. The Kier molecular flexibility index (Phi) is 2.29. The Morgan fingerprint density at radius 2 is 2.00 bits per heavy atom. The van der Waals surface area contributed by atoms with Crippen molar-refractivity contribution in [3.05, 3.63) is 29.8 Å². The fourth-order valence-electron chi connectivity index (χ4n) is 2.58. The van der Waals surface area contributed by atoms with Crippen molar-refractivity contribution in [2.24, 2.45) is 5.92 Å². The molecule has 0 bridgehead atoms. The molecule has 0 fully saturated rings. The molecule has 0 aromatic heterocycles. The van der Waals surface area contributed by atoms with Gasteiger partial charge in [0.15, 0.2) is 0 Å². The molecule has 2 nitrogen and oxygen atoms in total. The van der Waals surface area contributed by atoms with Crippen LogP contribution in [0, 0.1) is 5.92 Å². The number of fused-ring (bicyclic) bond motifs is 1. The summed E-state index contributed by atoms with van der Waals surface area (Å²) in [5.41, 5.74) is 2.15. The third-order valence-electron chi connectivity index (χ3n) is 3.48. The van der Waals surface area contributed by atoms with E-state index in [9.17, 15) is 4.79 Å². The van der Waals surface area contributed by atoms with E-state index in [1.165, 1.54) is 5.56 Å². The zero-order valence-corrected chi connectivity index (χ0v) is 9.50. The number of nitrogens with one attached hydrogen (secondary N) is 1. The predicted octanol–water partition coefficient (Wildman–Crippen LogP) is 2.94. The van der Waals surface area contributed by atoms with E-state index in [1.54, 1.807) is 0 Å². The molecule has 15 heavy (non-hydrogen) atoms. The Morgan fingerprint density at radius 1 is 1.33 bits per heavy atom. The number of benzene rings is 1. The average molecular weight is 203 g/mol. The van der Waals surface area contributed by atoms with Crippen LogP contribution in [-0.4, -0.2) is 5.91 Å². The first-order chi connectivity index (χ1) is 7.07. The summed E-state index contributed by atoms with van der Waals surface area (Å²) in [6, 6.07) is 8.07. The molecule has 0 aliphatic carbocycles. The Balaban J connectivity index is 2.55. The summed E-state index contributed by atoms with van der Waals surface area (Å²) in [5.74, 6) is 0.230. The standard InChI is InChI=1S/C13H17NO/c1-4-9-12(15)14-11-8-6-5-7-10(11)13(9,2)3/h5-9H,4H2,1-3H3,(H,14,15). The highest BCUT2D eigenvalue weighted by Crippen LogP contribution is 2.41. The molecule has 0 radical (unpaired) electrons. The summed E-state index contributed by atoms with van der Waals surface area (Å²) in [6.07, 6.45) is 0.882. The summed E-state index contributed by atoms with van der Waals surface area (Å²) in [6.45, 7) is 6.37. The number of carbonyl (C=O) groups excluding carboxylic acids is 1. The van der Waals surface area contributed by atoms with Crippen LogP contribution in [0.5, 0.6) is 0 Å². The Labute approximate surface area is 90.7 Å². The van der Waals surface area contributed by atoms with Crippen LogP contribution in [0.25, 0.3) is 0 Å². The van der Waals surface area contributed by atoms with E-state index in [-0.39, 0.29) is 17.2 Å². The monoisotopic (exact) mass is 203 g/mol. The minimum atomic E-state index is -0.0618. The first-order valence-corrected chi connectivity index (χ1v) is 5.47. The van der Waals surface area contributed by atoms with Gasteiger partial charge in [-0.25, -0.2) is 0 Å². The van der Waals surface area contributed by atoms with Crippen LogP contribution in [0.3, 0.4) is 0 Å².